The predicted molar refractivity (Wildman–Crippen MR) is 117 cm³/mol. The molecule has 1 amide bonds. The molecule has 4 unspecified atom stereocenters. The molecule has 33 heavy (non-hydrogen) atoms. The quantitative estimate of drug-likeness (QED) is 0.582. The van der Waals surface area contributed by atoms with Crippen LogP contribution in [0.3, 0.4) is 0 Å². The monoisotopic (exact) mass is 452 g/mol. The van der Waals surface area contributed by atoms with Crippen molar-refractivity contribution >= 4 is 11.6 Å². The Kier molecular flexibility index (Phi) is 5.03. The molecule has 4 fully saturated rings. The zero-order valence-electron chi connectivity index (χ0n) is 18.2. The lowest BCUT2D eigenvalue weighted by Crippen LogP contribution is -2.50. The standard InChI is InChI=1S/C25H26F2N4O2/c26-19-4-1-3-15(9-19)22-11-20(27)12-30(22)25(32)21-10-18(16-7-17(21)8-16)13-33-24-6-2-5-23-29-28-14-31(23)24/h1-6,9,14,16-18,20-22H,7-8,10-13H2. The highest BCUT2D eigenvalue weighted by molar-refractivity contribution is 5.80. The van der Waals surface area contributed by atoms with Gasteiger partial charge in [0.1, 0.15) is 18.3 Å². The number of hydrogen-bond donors (Lipinski definition) is 0. The fraction of sp³-hybridized carbons (Fsp3) is 0.480. The van der Waals surface area contributed by atoms with E-state index >= 15 is 0 Å². The van der Waals surface area contributed by atoms with Gasteiger partial charge in [0, 0.05) is 12.3 Å². The van der Waals surface area contributed by atoms with Gasteiger partial charge in [0.25, 0.3) is 0 Å². The number of fused-ring (bicyclic) bond motifs is 3. The van der Waals surface area contributed by atoms with Crippen LogP contribution in [0.25, 0.3) is 5.65 Å². The second-order valence-corrected chi connectivity index (χ2v) is 9.72. The molecule has 0 N–H and O–H groups in total. The first-order valence-corrected chi connectivity index (χ1v) is 11.7. The highest BCUT2D eigenvalue weighted by Crippen LogP contribution is 2.53. The van der Waals surface area contributed by atoms with E-state index in [1.807, 2.05) is 22.6 Å². The van der Waals surface area contributed by atoms with Gasteiger partial charge in [0.2, 0.25) is 11.8 Å². The van der Waals surface area contributed by atoms with Gasteiger partial charge in [-0.3, -0.25) is 9.20 Å². The number of likely N-dealkylation sites (tertiary alicyclic amines) is 1. The third-order valence-corrected chi connectivity index (χ3v) is 7.83. The maximum Gasteiger partial charge on any atom is 0.226 e. The van der Waals surface area contributed by atoms with Crippen LogP contribution in [0.5, 0.6) is 5.88 Å². The molecule has 4 aliphatic rings. The van der Waals surface area contributed by atoms with E-state index in [0.717, 1.165) is 24.9 Å². The number of alkyl halides is 1. The average Bonchev–Trinajstić information content (AvgIpc) is 3.43. The first kappa shape index (κ1) is 20.6. The van der Waals surface area contributed by atoms with Gasteiger partial charge in [-0.15, -0.1) is 10.2 Å². The summed E-state index contributed by atoms with van der Waals surface area (Å²) in [5, 5.41) is 7.98. The van der Waals surface area contributed by atoms with E-state index in [-0.39, 0.29) is 36.5 Å². The zero-order chi connectivity index (χ0) is 22.5. The van der Waals surface area contributed by atoms with Crippen LogP contribution in [0.1, 0.15) is 37.3 Å². The third kappa shape index (κ3) is 3.65. The fourth-order valence-corrected chi connectivity index (χ4v) is 6.05. The molecular weight excluding hydrogens is 426 g/mol. The Morgan fingerprint density at radius 2 is 1.94 bits per heavy atom. The molecule has 3 aromatic rings. The molecule has 3 saturated carbocycles. The highest BCUT2D eigenvalue weighted by atomic mass is 19.1. The summed E-state index contributed by atoms with van der Waals surface area (Å²) in [7, 11) is 0. The van der Waals surface area contributed by atoms with Crippen LogP contribution in [0.2, 0.25) is 0 Å². The Labute approximate surface area is 190 Å². The number of benzene rings is 1. The number of carbonyl (C=O) groups excluding carboxylic acids is 1. The Bertz CT molecular complexity index is 1180. The molecular formula is C25H26F2N4O2. The van der Waals surface area contributed by atoms with Crippen molar-refractivity contribution in [3.8, 4) is 5.88 Å². The van der Waals surface area contributed by atoms with Crippen LogP contribution in [0, 0.1) is 29.5 Å². The Balaban J connectivity index is 1.17. The van der Waals surface area contributed by atoms with E-state index in [1.54, 1.807) is 23.4 Å². The highest BCUT2D eigenvalue weighted by Gasteiger charge is 2.51. The van der Waals surface area contributed by atoms with Crippen LogP contribution in [0.4, 0.5) is 8.78 Å². The molecule has 8 heteroatoms. The number of ether oxygens (including phenoxy) is 1. The number of amides is 1. The first-order chi connectivity index (χ1) is 16.1. The maximum absolute atomic E-state index is 14.4. The first-order valence-electron chi connectivity index (χ1n) is 11.7. The minimum atomic E-state index is -1.08. The van der Waals surface area contributed by atoms with Gasteiger partial charge in [-0.1, -0.05) is 18.2 Å². The predicted octanol–water partition coefficient (Wildman–Crippen LogP) is 4.22. The number of carbonyl (C=O) groups is 1. The second kappa shape index (κ2) is 8.08. The SMILES string of the molecule is O=C(C1CC(COc2cccc3nncn23)C2CC1C2)N1CC(F)CC1c1cccc(F)c1. The molecule has 2 aromatic heterocycles. The molecule has 7 rings (SSSR count). The van der Waals surface area contributed by atoms with Crippen molar-refractivity contribution in [2.75, 3.05) is 13.2 Å². The van der Waals surface area contributed by atoms with Crippen LogP contribution in [-0.2, 0) is 4.79 Å². The minimum absolute atomic E-state index is 0.0125. The summed E-state index contributed by atoms with van der Waals surface area (Å²) in [5.41, 5.74) is 1.40. The minimum Gasteiger partial charge on any atom is -0.478 e. The maximum atomic E-state index is 14.4. The molecule has 1 saturated heterocycles. The summed E-state index contributed by atoms with van der Waals surface area (Å²) in [5.74, 6) is 1.40. The topological polar surface area (TPSA) is 59.7 Å². The molecule has 4 atom stereocenters. The van der Waals surface area contributed by atoms with Crippen molar-refractivity contribution in [2.45, 2.75) is 37.9 Å². The number of rotatable bonds is 5. The van der Waals surface area contributed by atoms with E-state index in [1.165, 1.54) is 12.1 Å². The summed E-state index contributed by atoms with van der Waals surface area (Å²) >= 11 is 0. The van der Waals surface area contributed by atoms with E-state index in [0.29, 0.717) is 29.9 Å². The van der Waals surface area contributed by atoms with E-state index in [2.05, 4.69) is 10.2 Å². The van der Waals surface area contributed by atoms with Gasteiger partial charge in [-0.25, -0.2) is 8.78 Å². The second-order valence-electron chi connectivity index (χ2n) is 9.72. The third-order valence-electron chi connectivity index (χ3n) is 7.83. The van der Waals surface area contributed by atoms with E-state index in [4.69, 9.17) is 4.74 Å². The Morgan fingerprint density at radius 3 is 2.79 bits per heavy atom. The van der Waals surface area contributed by atoms with Gasteiger partial charge in [-0.2, -0.15) is 0 Å². The lowest BCUT2D eigenvalue weighted by molar-refractivity contribution is -0.147. The van der Waals surface area contributed by atoms with Crippen molar-refractivity contribution in [3.63, 3.8) is 0 Å². The smallest absolute Gasteiger partial charge is 0.226 e. The number of hydrogen-bond acceptors (Lipinski definition) is 4. The van der Waals surface area contributed by atoms with Gasteiger partial charge in [0.15, 0.2) is 5.65 Å². The molecule has 1 aromatic carbocycles. The van der Waals surface area contributed by atoms with E-state index in [9.17, 15) is 13.6 Å². The molecule has 0 radical (unpaired) electrons. The van der Waals surface area contributed by atoms with E-state index < -0.39 is 12.2 Å². The van der Waals surface area contributed by atoms with Crippen molar-refractivity contribution in [1.29, 1.82) is 0 Å². The zero-order valence-corrected chi connectivity index (χ0v) is 18.2. The van der Waals surface area contributed by atoms with Crippen LogP contribution < -0.4 is 4.74 Å². The molecule has 172 valence electrons. The normalized spacial score (nSPS) is 30.9. The van der Waals surface area contributed by atoms with Crippen molar-refractivity contribution in [3.05, 3.63) is 60.2 Å². The molecule has 3 aliphatic carbocycles. The Hall–Kier alpha value is -3.03. The van der Waals surface area contributed by atoms with Crippen molar-refractivity contribution in [2.24, 2.45) is 23.7 Å². The molecule has 2 bridgehead atoms. The summed E-state index contributed by atoms with van der Waals surface area (Å²) in [6, 6.07) is 11.5. The number of halogens is 2. The number of pyridine rings is 1. The molecule has 3 heterocycles. The van der Waals surface area contributed by atoms with Crippen molar-refractivity contribution < 1.29 is 18.3 Å². The number of nitrogens with zero attached hydrogens (tertiary/aromatic N) is 4. The summed E-state index contributed by atoms with van der Waals surface area (Å²) in [6.07, 6.45) is 3.55. The molecule has 6 nitrogen and oxygen atoms in total. The molecule has 1 aliphatic heterocycles. The Morgan fingerprint density at radius 1 is 1.09 bits per heavy atom. The van der Waals surface area contributed by atoms with Gasteiger partial charge in [0.05, 0.1) is 19.2 Å². The summed E-state index contributed by atoms with van der Waals surface area (Å²) in [6.45, 7) is 0.612. The fourth-order valence-electron chi connectivity index (χ4n) is 6.05. The largest absolute Gasteiger partial charge is 0.478 e. The van der Waals surface area contributed by atoms with Gasteiger partial charge < -0.3 is 9.64 Å². The summed E-state index contributed by atoms with van der Waals surface area (Å²) < 4.78 is 36.2. The van der Waals surface area contributed by atoms with Gasteiger partial charge >= 0.3 is 0 Å². The van der Waals surface area contributed by atoms with Crippen LogP contribution >= 0.6 is 0 Å². The summed E-state index contributed by atoms with van der Waals surface area (Å²) in [4.78, 5) is 15.3. The van der Waals surface area contributed by atoms with Crippen LogP contribution in [0.15, 0.2) is 48.8 Å². The lowest BCUT2D eigenvalue weighted by atomic mass is 9.55. The molecule has 0 spiro atoms. The lowest BCUT2D eigenvalue weighted by Gasteiger charge is -2.51. The van der Waals surface area contributed by atoms with Crippen LogP contribution in [-0.4, -0.2) is 44.7 Å². The number of aromatic nitrogens is 3. The van der Waals surface area contributed by atoms with Crippen molar-refractivity contribution in [1.82, 2.24) is 19.5 Å². The average molecular weight is 453 g/mol. The van der Waals surface area contributed by atoms with Gasteiger partial charge in [-0.05, 0) is 66.8 Å².